The zero-order valence-electron chi connectivity index (χ0n) is 18.3. The van der Waals surface area contributed by atoms with Gasteiger partial charge in [-0.1, -0.05) is 30.3 Å². The van der Waals surface area contributed by atoms with Crippen LogP contribution in [0.1, 0.15) is 5.56 Å². The summed E-state index contributed by atoms with van der Waals surface area (Å²) in [5.74, 6) is 0. The molecule has 1 aromatic carbocycles. The first-order chi connectivity index (χ1) is 16.6. The first-order valence-electron chi connectivity index (χ1n) is 11.0. The molecule has 0 bridgehead atoms. The number of hydrogen-bond acceptors (Lipinski definition) is 7. The lowest BCUT2D eigenvalue weighted by Gasteiger charge is -2.26. The van der Waals surface area contributed by atoms with Gasteiger partial charge in [0.15, 0.2) is 5.03 Å². The molecule has 0 saturated carbocycles. The van der Waals surface area contributed by atoms with Crippen molar-refractivity contribution in [2.24, 2.45) is 0 Å². The van der Waals surface area contributed by atoms with Gasteiger partial charge in [-0.05, 0) is 29.3 Å². The van der Waals surface area contributed by atoms with Crippen LogP contribution in [0.5, 0.6) is 0 Å². The van der Waals surface area contributed by atoms with E-state index in [2.05, 4.69) is 32.1 Å². The molecular weight excluding hydrogens is 452 g/mol. The van der Waals surface area contributed by atoms with Crippen molar-refractivity contribution in [3.8, 4) is 11.1 Å². The molecule has 0 amide bonds. The second-order valence-corrected chi connectivity index (χ2v) is 9.95. The number of rotatable bonds is 5. The number of benzene rings is 1. The molecule has 0 aliphatic carbocycles. The monoisotopic (exact) mass is 474 g/mol. The first kappa shape index (κ1) is 21.0. The highest BCUT2D eigenvalue weighted by Crippen LogP contribution is 2.26. The molecule has 172 valence electrons. The number of ether oxygens (including phenoxy) is 1. The predicted octanol–water partition coefficient (Wildman–Crippen LogP) is 2.82. The molecule has 5 heterocycles. The smallest absolute Gasteiger partial charge is 0.301 e. The molecule has 0 radical (unpaired) electrons. The summed E-state index contributed by atoms with van der Waals surface area (Å²) < 4.78 is 34.9. The Labute approximate surface area is 196 Å². The highest BCUT2D eigenvalue weighted by atomic mass is 32.2. The fraction of sp³-hybridized carbons (Fsp3) is 0.208. The predicted molar refractivity (Wildman–Crippen MR) is 127 cm³/mol. The van der Waals surface area contributed by atoms with Crippen molar-refractivity contribution in [3.63, 3.8) is 0 Å². The number of imidazole rings is 1. The van der Waals surface area contributed by atoms with Crippen LogP contribution >= 0.6 is 0 Å². The maximum absolute atomic E-state index is 13.5. The molecule has 0 unspecified atom stereocenters. The molecule has 1 aliphatic rings. The lowest BCUT2D eigenvalue weighted by Crippen LogP contribution is -2.35. The Morgan fingerprint density at radius 1 is 0.912 bits per heavy atom. The van der Waals surface area contributed by atoms with E-state index in [0.717, 1.165) is 48.1 Å². The normalized spacial score (nSPS) is 15.3. The van der Waals surface area contributed by atoms with E-state index in [1.54, 1.807) is 24.5 Å². The molecule has 34 heavy (non-hydrogen) atoms. The molecule has 0 spiro atoms. The van der Waals surface area contributed by atoms with Crippen molar-refractivity contribution >= 4 is 26.7 Å². The first-order valence-corrected chi connectivity index (χ1v) is 12.4. The third-order valence-corrected chi connectivity index (χ3v) is 7.64. The standard InChI is InChI=1S/C24H22N6O3S/c31-34(32,24-16-26-23-3-1-2-8-29(23)24)30-22-13-20(14-25-21(22)15-27-30)19-6-4-18(5-7-19)17-28-9-11-33-12-10-28/h1-8,13-16H,9-12,17H2. The van der Waals surface area contributed by atoms with Gasteiger partial charge >= 0.3 is 10.0 Å². The lowest BCUT2D eigenvalue weighted by molar-refractivity contribution is 0.0342. The van der Waals surface area contributed by atoms with Gasteiger partial charge < -0.3 is 4.74 Å². The molecule has 1 aliphatic heterocycles. The van der Waals surface area contributed by atoms with Crippen LogP contribution in [0.3, 0.4) is 0 Å². The van der Waals surface area contributed by atoms with Crippen molar-refractivity contribution in [1.82, 2.24) is 28.5 Å². The largest absolute Gasteiger partial charge is 0.379 e. The van der Waals surface area contributed by atoms with Crippen molar-refractivity contribution < 1.29 is 13.2 Å². The second kappa shape index (κ2) is 8.32. The lowest BCUT2D eigenvalue weighted by atomic mass is 10.0. The van der Waals surface area contributed by atoms with E-state index < -0.39 is 10.0 Å². The maximum Gasteiger partial charge on any atom is 0.301 e. The Morgan fingerprint density at radius 2 is 1.74 bits per heavy atom. The van der Waals surface area contributed by atoms with Gasteiger partial charge in [0.2, 0.25) is 0 Å². The van der Waals surface area contributed by atoms with Gasteiger partial charge in [0.25, 0.3) is 0 Å². The third kappa shape index (κ3) is 3.65. The van der Waals surface area contributed by atoms with Crippen molar-refractivity contribution in [1.29, 1.82) is 0 Å². The van der Waals surface area contributed by atoms with Crippen LogP contribution in [0.2, 0.25) is 0 Å². The fourth-order valence-electron chi connectivity index (χ4n) is 4.24. The molecule has 4 aromatic heterocycles. The molecule has 5 aromatic rings. The zero-order valence-corrected chi connectivity index (χ0v) is 19.1. The number of hydrogen-bond donors (Lipinski definition) is 0. The molecule has 1 saturated heterocycles. The molecule has 6 rings (SSSR count). The Balaban J connectivity index is 1.34. The molecule has 1 fully saturated rings. The van der Waals surface area contributed by atoms with E-state index >= 15 is 0 Å². The number of nitrogens with zero attached hydrogens (tertiary/aromatic N) is 6. The van der Waals surface area contributed by atoms with Gasteiger partial charge in [0.1, 0.15) is 16.7 Å². The van der Waals surface area contributed by atoms with E-state index in [0.29, 0.717) is 16.7 Å². The van der Waals surface area contributed by atoms with Gasteiger partial charge in [-0.2, -0.15) is 17.6 Å². The maximum atomic E-state index is 13.5. The quantitative estimate of drug-likeness (QED) is 0.387. The van der Waals surface area contributed by atoms with Crippen LogP contribution in [-0.4, -0.2) is 63.2 Å². The Kier molecular flexibility index (Phi) is 5.13. The van der Waals surface area contributed by atoms with Gasteiger partial charge in [-0.3, -0.25) is 14.3 Å². The van der Waals surface area contributed by atoms with Crippen LogP contribution in [0.4, 0.5) is 0 Å². The van der Waals surface area contributed by atoms with Crippen LogP contribution < -0.4 is 0 Å². The highest BCUT2D eigenvalue weighted by molar-refractivity contribution is 7.90. The highest BCUT2D eigenvalue weighted by Gasteiger charge is 2.25. The minimum atomic E-state index is -3.98. The summed E-state index contributed by atoms with van der Waals surface area (Å²) in [6.45, 7) is 4.30. The number of morpholine rings is 1. The summed E-state index contributed by atoms with van der Waals surface area (Å²) in [6, 6.07) is 15.4. The molecule has 10 heteroatoms. The zero-order chi connectivity index (χ0) is 23.1. The van der Waals surface area contributed by atoms with Gasteiger partial charge in [-0.25, -0.2) is 4.98 Å². The average Bonchev–Trinajstić information content (AvgIpc) is 3.50. The van der Waals surface area contributed by atoms with Crippen LogP contribution in [-0.2, 0) is 21.3 Å². The van der Waals surface area contributed by atoms with Crippen LogP contribution in [0, 0.1) is 0 Å². The minimum Gasteiger partial charge on any atom is -0.379 e. The molecule has 0 N–H and O–H groups in total. The van der Waals surface area contributed by atoms with E-state index in [1.807, 2.05) is 24.3 Å². The van der Waals surface area contributed by atoms with Crippen molar-refractivity contribution in [2.45, 2.75) is 11.6 Å². The van der Waals surface area contributed by atoms with Gasteiger partial charge in [0, 0.05) is 37.6 Å². The van der Waals surface area contributed by atoms with Crippen molar-refractivity contribution in [2.75, 3.05) is 26.3 Å². The van der Waals surface area contributed by atoms with E-state index in [-0.39, 0.29) is 5.03 Å². The van der Waals surface area contributed by atoms with Crippen LogP contribution in [0.25, 0.3) is 27.8 Å². The van der Waals surface area contributed by atoms with Gasteiger partial charge in [-0.15, -0.1) is 0 Å². The fourth-order valence-corrected chi connectivity index (χ4v) is 5.59. The Bertz CT molecular complexity index is 1580. The summed E-state index contributed by atoms with van der Waals surface area (Å²) in [7, 11) is -3.98. The average molecular weight is 475 g/mol. The molecule has 0 atom stereocenters. The molecule has 9 nitrogen and oxygen atoms in total. The van der Waals surface area contributed by atoms with E-state index in [1.165, 1.54) is 22.4 Å². The number of aromatic nitrogens is 5. The van der Waals surface area contributed by atoms with Gasteiger partial charge in [0.05, 0.1) is 25.6 Å². The van der Waals surface area contributed by atoms with E-state index in [4.69, 9.17) is 4.74 Å². The van der Waals surface area contributed by atoms with E-state index in [9.17, 15) is 8.42 Å². The van der Waals surface area contributed by atoms with Crippen LogP contribution in [0.15, 0.2) is 78.3 Å². The minimum absolute atomic E-state index is 0.0472. The Morgan fingerprint density at radius 3 is 2.56 bits per heavy atom. The summed E-state index contributed by atoms with van der Waals surface area (Å²) in [5.41, 5.74) is 4.47. The molecular formula is C24H22N6O3S. The number of pyridine rings is 2. The number of fused-ring (bicyclic) bond motifs is 2. The summed E-state index contributed by atoms with van der Waals surface area (Å²) in [6.07, 6.45) is 6.23. The van der Waals surface area contributed by atoms with Crippen molar-refractivity contribution in [3.05, 3.63) is 78.9 Å². The summed E-state index contributed by atoms with van der Waals surface area (Å²) in [5, 5.41) is 4.20. The summed E-state index contributed by atoms with van der Waals surface area (Å²) >= 11 is 0. The SMILES string of the molecule is O=S(=O)(c1cnc2ccccn12)n1ncc2ncc(-c3ccc(CN4CCOCC4)cc3)cc21. The Hall–Kier alpha value is -3.60. The second-order valence-electron chi connectivity index (χ2n) is 8.23. The third-order valence-electron chi connectivity index (χ3n) is 6.06. The topological polar surface area (TPSA) is 94.6 Å². The summed E-state index contributed by atoms with van der Waals surface area (Å²) in [4.78, 5) is 11.0.